The summed E-state index contributed by atoms with van der Waals surface area (Å²) in [5, 5.41) is 9.40. The molecular formula is C13H18N2O2. The van der Waals surface area contributed by atoms with Crippen LogP contribution in [0.15, 0.2) is 30.3 Å². The Morgan fingerprint density at radius 3 is 2.47 bits per heavy atom. The lowest BCUT2D eigenvalue weighted by Gasteiger charge is -2.31. The first kappa shape index (κ1) is 12.1. The number of hydrogen-bond acceptors (Lipinski definition) is 3. The van der Waals surface area contributed by atoms with E-state index in [0.29, 0.717) is 25.9 Å². The van der Waals surface area contributed by atoms with Gasteiger partial charge in [-0.2, -0.15) is 0 Å². The summed E-state index contributed by atoms with van der Waals surface area (Å²) in [6.07, 6.45) is 1.02. The van der Waals surface area contributed by atoms with Gasteiger partial charge in [-0.15, -0.1) is 0 Å². The number of benzene rings is 1. The molecule has 4 nitrogen and oxygen atoms in total. The Kier molecular flexibility index (Phi) is 3.76. The molecule has 1 atom stereocenters. The normalized spacial score (nSPS) is 19.1. The van der Waals surface area contributed by atoms with Gasteiger partial charge in [-0.1, -0.05) is 30.3 Å². The van der Waals surface area contributed by atoms with Crippen molar-refractivity contribution in [3.8, 4) is 0 Å². The van der Waals surface area contributed by atoms with Crippen LogP contribution in [-0.4, -0.2) is 35.1 Å². The third-order valence-electron chi connectivity index (χ3n) is 3.20. The van der Waals surface area contributed by atoms with Gasteiger partial charge < -0.3 is 15.7 Å². The topological polar surface area (TPSA) is 66.6 Å². The van der Waals surface area contributed by atoms with Gasteiger partial charge in [0.2, 0.25) is 5.91 Å². The fourth-order valence-electron chi connectivity index (χ4n) is 2.09. The van der Waals surface area contributed by atoms with Gasteiger partial charge in [-0.05, 0) is 18.4 Å². The van der Waals surface area contributed by atoms with Crippen molar-refractivity contribution in [2.75, 3.05) is 13.1 Å². The molecule has 1 heterocycles. The van der Waals surface area contributed by atoms with Crippen molar-refractivity contribution < 1.29 is 9.90 Å². The standard InChI is InChI=1S/C13H18N2O2/c14-12(10-4-2-1-3-5-10)13(17)15-8-6-11(16)7-9-15/h1-5,11-12,16H,6-9,14H2/t12-/m0/s1. The number of nitrogens with zero attached hydrogens (tertiary/aromatic N) is 1. The van der Waals surface area contributed by atoms with Crippen molar-refractivity contribution in [3.05, 3.63) is 35.9 Å². The second-order valence-electron chi connectivity index (χ2n) is 4.44. The highest BCUT2D eigenvalue weighted by molar-refractivity contribution is 5.83. The molecule has 0 saturated carbocycles. The van der Waals surface area contributed by atoms with E-state index in [9.17, 15) is 9.90 Å². The number of carbonyl (C=O) groups is 1. The van der Waals surface area contributed by atoms with Crippen LogP contribution in [0.3, 0.4) is 0 Å². The van der Waals surface area contributed by atoms with Crippen LogP contribution in [0.1, 0.15) is 24.4 Å². The molecule has 2 rings (SSSR count). The molecule has 1 aromatic carbocycles. The number of likely N-dealkylation sites (tertiary alicyclic amines) is 1. The number of rotatable bonds is 2. The van der Waals surface area contributed by atoms with E-state index in [2.05, 4.69) is 0 Å². The monoisotopic (exact) mass is 234 g/mol. The maximum atomic E-state index is 12.1. The molecule has 1 aliphatic heterocycles. The Hall–Kier alpha value is -1.39. The van der Waals surface area contributed by atoms with Gasteiger partial charge in [0, 0.05) is 13.1 Å². The molecule has 0 spiro atoms. The minimum Gasteiger partial charge on any atom is -0.393 e. The average molecular weight is 234 g/mol. The zero-order valence-corrected chi connectivity index (χ0v) is 9.75. The van der Waals surface area contributed by atoms with Crippen LogP contribution < -0.4 is 5.73 Å². The van der Waals surface area contributed by atoms with Crippen LogP contribution in [0.5, 0.6) is 0 Å². The molecule has 0 aromatic heterocycles. The van der Waals surface area contributed by atoms with E-state index in [1.807, 2.05) is 30.3 Å². The first-order valence-electron chi connectivity index (χ1n) is 5.96. The minimum atomic E-state index is -0.591. The maximum Gasteiger partial charge on any atom is 0.244 e. The van der Waals surface area contributed by atoms with Crippen molar-refractivity contribution in [3.63, 3.8) is 0 Å². The molecule has 3 N–H and O–H groups in total. The van der Waals surface area contributed by atoms with Crippen molar-refractivity contribution in [1.29, 1.82) is 0 Å². The van der Waals surface area contributed by atoms with Crippen molar-refractivity contribution >= 4 is 5.91 Å². The summed E-state index contributed by atoms with van der Waals surface area (Å²) in [5.74, 6) is -0.0527. The Morgan fingerprint density at radius 1 is 1.29 bits per heavy atom. The molecule has 1 saturated heterocycles. The van der Waals surface area contributed by atoms with Gasteiger partial charge >= 0.3 is 0 Å². The fourth-order valence-corrected chi connectivity index (χ4v) is 2.09. The van der Waals surface area contributed by atoms with E-state index >= 15 is 0 Å². The summed E-state index contributed by atoms with van der Waals surface area (Å²) in [7, 11) is 0. The van der Waals surface area contributed by atoms with Crippen LogP contribution in [0, 0.1) is 0 Å². The van der Waals surface area contributed by atoms with Crippen LogP contribution >= 0.6 is 0 Å². The van der Waals surface area contributed by atoms with Gasteiger partial charge in [0.15, 0.2) is 0 Å². The molecule has 4 heteroatoms. The maximum absolute atomic E-state index is 12.1. The molecule has 1 aromatic rings. The molecule has 1 fully saturated rings. The number of aliphatic hydroxyl groups is 1. The third kappa shape index (κ3) is 2.84. The lowest BCUT2D eigenvalue weighted by molar-refractivity contribution is -0.134. The molecular weight excluding hydrogens is 216 g/mol. The van der Waals surface area contributed by atoms with E-state index in [4.69, 9.17) is 5.73 Å². The summed E-state index contributed by atoms with van der Waals surface area (Å²) in [6, 6.07) is 8.79. The summed E-state index contributed by atoms with van der Waals surface area (Å²) in [5.41, 5.74) is 6.79. The summed E-state index contributed by atoms with van der Waals surface area (Å²) in [4.78, 5) is 13.9. The molecule has 1 amide bonds. The summed E-state index contributed by atoms with van der Waals surface area (Å²) in [6.45, 7) is 1.20. The zero-order chi connectivity index (χ0) is 12.3. The van der Waals surface area contributed by atoms with Crippen molar-refractivity contribution in [1.82, 2.24) is 4.90 Å². The minimum absolute atomic E-state index is 0.0527. The van der Waals surface area contributed by atoms with Crippen LogP contribution in [0.4, 0.5) is 0 Å². The van der Waals surface area contributed by atoms with Crippen LogP contribution in [0.25, 0.3) is 0 Å². The predicted octanol–water partition coefficient (Wildman–Crippen LogP) is 0.670. The smallest absolute Gasteiger partial charge is 0.244 e. The Balaban J connectivity index is 2.00. The zero-order valence-electron chi connectivity index (χ0n) is 9.75. The predicted molar refractivity (Wildman–Crippen MR) is 65.2 cm³/mol. The number of aliphatic hydroxyl groups excluding tert-OH is 1. The lowest BCUT2D eigenvalue weighted by atomic mass is 10.0. The van der Waals surface area contributed by atoms with E-state index in [-0.39, 0.29) is 12.0 Å². The second kappa shape index (κ2) is 5.29. The Bertz CT molecular complexity index is 372. The average Bonchev–Trinajstić information content (AvgIpc) is 2.39. The number of nitrogens with two attached hydrogens (primary N) is 1. The lowest BCUT2D eigenvalue weighted by Crippen LogP contribution is -2.44. The Morgan fingerprint density at radius 2 is 1.88 bits per heavy atom. The fraction of sp³-hybridized carbons (Fsp3) is 0.462. The molecule has 17 heavy (non-hydrogen) atoms. The molecule has 0 aliphatic carbocycles. The Labute approximate surface area is 101 Å². The van der Waals surface area contributed by atoms with Gasteiger partial charge in [0.25, 0.3) is 0 Å². The second-order valence-corrected chi connectivity index (χ2v) is 4.44. The highest BCUT2D eigenvalue weighted by Gasteiger charge is 2.26. The number of carbonyl (C=O) groups excluding carboxylic acids is 1. The molecule has 0 radical (unpaired) electrons. The number of piperidine rings is 1. The SMILES string of the molecule is N[C@H](C(=O)N1CCC(O)CC1)c1ccccc1. The van der Waals surface area contributed by atoms with Crippen molar-refractivity contribution in [2.45, 2.75) is 25.0 Å². The highest BCUT2D eigenvalue weighted by Crippen LogP contribution is 2.17. The molecule has 0 unspecified atom stereocenters. The third-order valence-corrected chi connectivity index (χ3v) is 3.20. The van der Waals surface area contributed by atoms with Gasteiger partial charge in [-0.3, -0.25) is 4.79 Å². The molecule has 1 aliphatic rings. The van der Waals surface area contributed by atoms with Crippen LogP contribution in [0.2, 0.25) is 0 Å². The largest absolute Gasteiger partial charge is 0.393 e. The molecule has 0 bridgehead atoms. The molecule has 92 valence electrons. The number of hydrogen-bond donors (Lipinski definition) is 2. The van der Waals surface area contributed by atoms with E-state index in [0.717, 1.165) is 5.56 Å². The first-order chi connectivity index (χ1) is 8.18. The summed E-state index contributed by atoms with van der Waals surface area (Å²) < 4.78 is 0. The van der Waals surface area contributed by atoms with E-state index in [1.54, 1.807) is 4.90 Å². The van der Waals surface area contributed by atoms with Gasteiger partial charge in [0.05, 0.1) is 6.10 Å². The van der Waals surface area contributed by atoms with E-state index in [1.165, 1.54) is 0 Å². The van der Waals surface area contributed by atoms with E-state index < -0.39 is 6.04 Å². The van der Waals surface area contributed by atoms with Crippen LogP contribution in [-0.2, 0) is 4.79 Å². The highest BCUT2D eigenvalue weighted by atomic mass is 16.3. The first-order valence-corrected chi connectivity index (χ1v) is 5.96. The van der Waals surface area contributed by atoms with Crippen molar-refractivity contribution in [2.24, 2.45) is 5.73 Å². The quantitative estimate of drug-likeness (QED) is 0.790. The van der Waals surface area contributed by atoms with Gasteiger partial charge in [0.1, 0.15) is 6.04 Å². The number of amides is 1. The van der Waals surface area contributed by atoms with Gasteiger partial charge in [-0.25, -0.2) is 0 Å². The summed E-state index contributed by atoms with van der Waals surface area (Å²) >= 11 is 0.